The van der Waals surface area contributed by atoms with E-state index in [0.29, 0.717) is 51.7 Å². The lowest BCUT2D eigenvalue weighted by Crippen LogP contribution is -2.59. The number of hydrogen-bond acceptors (Lipinski definition) is 8. The van der Waals surface area contributed by atoms with Gasteiger partial charge in [-0.15, -0.1) is 16.3 Å². The maximum Gasteiger partial charge on any atom is 0.410 e. The first-order chi connectivity index (χ1) is 24.9. The minimum absolute atomic E-state index is 0.0130. The number of guanidine groups is 1. The molecule has 1 unspecified atom stereocenters. The molecular weight excluding hydrogens is 680 g/mol. The highest BCUT2D eigenvalue weighted by Crippen LogP contribution is 2.44. The van der Waals surface area contributed by atoms with Gasteiger partial charge in [0.05, 0.1) is 11.4 Å². The van der Waals surface area contributed by atoms with Gasteiger partial charge < -0.3 is 24.8 Å². The first kappa shape index (κ1) is 33.0. The van der Waals surface area contributed by atoms with Crippen LogP contribution in [0.2, 0.25) is 5.28 Å². The number of carbonyl (C=O) groups is 1. The molecule has 1 fully saturated rings. The third-order valence-corrected chi connectivity index (χ3v) is 11.3. The van der Waals surface area contributed by atoms with Gasteiger partial charge in [0.15, 0.2) is 0 Å². The van der Waals surface area contributed by atoms with Crippen LogP contribution in [0.5, 0.6) is 0 Å². The van der Waals surface area contributed by atoms with Gasteiger partial charge in [0.1, 0.15) is 17.3 Å². The summed E-state index contributed by atoms with van der Waals surface area (Å²) in [6.45, 7) is 7.62. The Labute approximate surface area is 306 Å². The average molecular weight is 717 g/mol. The molecule has 10 nitrogen and oxygen atoms in total. The van der Waals surface area contributed by atoms with Crippen LogP contribution in [-0.2, 0) is 17.7 Å². The van der Waals surface area contributed by atoms with Crippen molar-refractivity contribution in [3.05, 3.63) is 106 Å². The molecule has 258 valence electrons. The fraction of sp³-hybridized carbons (Fsp3) is 0.308. The van der Waals surface area contributed by atoms with E-state index in [1.807, 2.05) is 41.9 Å². The number of nitrogens with zero attached hydrogens (tertiary/aromatic N) is 7. The molecule has 2 aromatic heterocycles. The number of amides is 1. The van der Waals surface area contributed by atoms with Crippen LogP contribution in [0.25, 0.3) is 21.3 Å². The highest BCUT2D eigenvalue weighted by molar-refractivity contribution is 7.16. The van der Waals surface area contributed by atoms with Crippen molar-refractivity contribution in [3.63, 3.8) is 0 Å². The quantitative estimate of drug-likeness (QED) is 0.0852. The fourth-order valence-electron chi connectivity index (χ4n) is 7.79. The molecule has 1 N–H and O–H groups in total. The molecule has 3 aromatic carbocycles. The summed E-state index contributed by atoms with van der Waals surface area (Å²) in [5.74, 6) is 1.62. The fourth-order valence-corrected chi connectivity index (χ4v) is 8.76. The Morgan fingerprint density at radius 2 is 1.80 bits per heavy atom. The summed E-state index contributed by atoms with van der Waals surface area (Å²) in [5, 5.41) is 16.6. The van der Waals surface area contributed by atoms with Gasteiger partial charge in [0.25, 0.3) is 0 Å². The summed E-state index contributed by atoms with van der Waals surface area (Å²) in [6, 6.07) is 24.9. The molecule has 2 aliphatic heterocycles. The number of aliphatic imine (C=N–C) groups is 1. The molecule has 12 heteroatoms. The van der Waals surface area contributed by atoms with Crippen molar-refractivity contribution in [2.24, 2.45) is 10.9 Å². The van der Waals surface area contributed by atoms with Crippen LogP contribution >= 0.6 is 22.9 Å². The molecule has 1 atom stereocenters. The first-order valence-electron chi connectivity index (χ1n) is 17.3. The van der Waals surface area contributed by atoms with Crippen LogP contribution in [0.3, 0.4) is 0 Å². The zero-order valence-electron chi connectivity index (χ0n) is 28.4. The maximum atomic E-state index is 13.5. The minimum atomic E-state index is -0.310. The van der Waals surface area contributed by atoms with Gasteiger partial charge >= 0.3 is 6.09 Å². The number of benzene rings is 3. The van der Waals surface area contributed by atoms with Crippen LogP contribution in [0, 0.1) is 17.4 Å². The van der Waals surface area contributed by atoms with E-state index in [9.17, 15) is 10.1 Å². The second-order valence-corrected chi connectivity index (χ2v) is 14.7. The lowest BCUT2D eigenvalue weighted by atomic mass is 9.97. The van der Waals surface area contributed by atoms with Crippen molar-refractivity contribution in [1.82, 2.24) is 19.8 Å². The third-order valence-electron chi connectivity index (χ3n) is 10.3. The molecule has 1 saturated heterocycles. The summed E-state index contributed by atoms with van der Waals surface area (Å²) in [5.41, 5.74) is 7.85. The molecule has 0 spiro atoms. The number of nitrogens with one attached hydrogen (secondary N) is 1. The normalized spacial score (nSPS) is 17.3. The zero-order chi connectivity index (χ0) is 35.1. The predicted octanol–water partition coefficient (Wildman–Crippen LogP) is 7.75. The Morgan fingerprint density at radius 3 is 2.55 bits per heavy atom. The minimum Gasteiger partial charge on any atom is -0.448 e. The zero-order valence-corrected chi connectivity index (χ0v) is 30.0. The summed E-state index contributed by atoms with van der Waals surface area (Å²) >= 11 is 7.87. The van der Waals surface area contributed by atoms with Crippen molar-refractivity contribution in [2.45, 2.75) is 38.8 Å². The van der Waals surface area contributed by atoms with Crippen LogP contribution < -0.4 is 10.2 Å². The Balaban J connectivity index is 0.962. The first-order valence-corrected chi connectivity index (χ1v) is 18.5. The lowest BCUT2D eigenvalue weighted by molar-refractivity contribution is 0.0954. The van der Waals surface area contributed by atoms with Gasteiger partial charge in [-0.1, -0.05) is 74.5 Å². The second kappa shape index (κ2) is 13.9. The largest absolute Gasteiger partial charge is 0.448 e. The number of ether oxygens (including phenoxy) is 1. The van der Waals surface area contributed by atoms with Crippen molar-refractivity contribution in [3.8, 4) is 17.3 Å². The topological polar surface area (TPSA) is 110 Å². The van der Waals surface area contributed by atoms with Gasteiger partial charge in [-0.05, 0) is 74.8 Å². The second-order valence-electron chi connectivity index (χ2n) is 13.5. The van der Waals surface area contributed by atoms with E-state index in [-0.39, 0.29) is 29.3 Å². The molecule has 3 aliphatic rings. The Kier molecular flexibility index (Phi) is 8.96. The molecule has 0 saturated carbocycles. The highest BCUT2D eigenvalue weighted by atomic mass is 35.5. The SMILES string of the molecule is CC(C)C1CN(c2nc(Cl)nc3sccc23)CCN1C(=NC#N)Nc1cccc2c1CCN(C(=O)OCC1c3ccccc3-c3ccccc31)C2. The van der Waals surface area contributed by atoms with Crippen molar-refractivity contribution < 1.29 is 9.53 Å². The molecule has 1 amide bonds. The van der Waals surface area contributed by atoms with E-state index in [0.717, 1.165) is 32.8 Å². The number of rotatable bonds is 5. The molecule has 5 aromatic rings. The van der Waals surface area contributed by atoms with Crippen molar-refractivity contribution in [2.75, 3.05) is 43.0 Å². The van der Waals surface area contributed by atoms with E-state index in [1.165, 1.54) is 22.3 Å². The van der Waals surface area contributed by atoms with Crippen LogP contribution in [0.4, 0.5) is 16.3 Å². The van der Waals surface area contributed by atoms with Gasteiger partial charge in [-0.2, -0.15) is 10.2 Å². The number of hydrogen-bond donors (Lipinski definition) is 1. The third kappa shape index (κ3) is 6.23. The molecule has 1 aliphatic carbocycles. The Hall–Kier alpha value is -5.18. The van der Waals surface area contributed by atoms with Crippen LogP contribution in [0.1, 0.15) is 42.0 Å². The van der Waals surface area contributed by atoms with E-state index in [1.54, 1.807) is 16.2 Å². The maximum absolute atomic E-state index is 13.5. The molecule has 51 heavy (non-hydrogen) atoms. The summed E-state index contributed by atoms with van der Waals surface area (Å²) < 4.78 is 5.99. The van der Waals surface area contributed by atoms with E-state index in [4.69, 9.17) is 16.3 Å². The number of thiophene rings is 1. The number of nitriles is 1. The van der Waals surface area contributed by atoms with Gasteiger partial charge in [0, 0.05) is 44.3 Å². The van der Waals surface area contributed by atoms with Gasteiger partial charge in [0.2, 0.25) is 17.4 Å². The Morgan fingerprint density at radius 1 is 1.04 bits per heavy atom. The standard InChI is InChI=1S/C39H37ClN8O2S/c1-24(2)34-21-46(35-31-15-19-51-36(31)45-37(40)44-35)17-18-48(34)38(42-23-41)43-33-13-7-8-25-20-47(16-14-26(25)33)39(49)50-22-32-29-11-5-3-9-27(29)28-10-4-6-12-30(28)32/h3-13,15,19,24,32,34H,14,16-18,20-22H2,1-2H3,(H,42,43). The number of anilines is 2. The van der Waals surface area contributed by atoms with Crippen LogP contribution in [-0.4, -0.2) is 70.6 Å². The van der Waals surface area contributed by atoms with E-state index < -0.39 is 0 Å². The van der Waals surface area contributed by atoms with Crippen molar-refractivity contribution in [1.29, 1.82) is 5.26 Å². The molecule has 0 radical (unpaired) electrons. The molecule has 0 bridgehead atoms. The van der Waals surface area contributed by atoms with Crippen LogP contribution in [0.15, 0.2) is 83.2 Å². The van der Waals surface area contributed by atoms with E-state index in [2.05, 4.69) is 86.4 Å². The Bertz CT molecular complexity index is 2150. The number of fused-ring (bicyclic) bond motifs is 5. The number of aromatic nitrogens is 2. The summed E-state index contributed by atoms with van der Waals surface area (Å²) in [4.78, 5) is 33.9. The number of halogens is 1. The summed E-state index contributed by atoms with van der Waals surface area (Å²) in [6.07, 6.45) is 2.37. The summed E-state index contributed by atoms with van der Waals surface area (Å²) in [7, 11) is 0. The lowest BCUT2D eigenvalue weighted by Gasteiger charge is -2.45. The molecule has 8 rings (SSSR count). The molecule has 4 heterocycles. The van der Waals surface area contributed by atoms with E-state index >= 15 is 0 Å². The smallest absolute Gasteiger partial charge is 0.410 e. The van der Waals surface area contributed by atoms with Gasteiger partial charge in [-0.25, -0.2) is 9.78 Å². The number of piperazine rings is 1. The highest BCUT2D eigenvalue weighted by Gasteiger charge is 2.35. The molecular formula is C39H37ClN8O2S. The monoisotopic (exact) mass is 716 g/mol. The van der Waals surface area contributed by atoms with Gasteiger partial charge in [-0.3, -0.25) is 0 Å². The van der Waals surface area contributed by atoms with Crippen molar-refractivity contribution >= 4 is 56.7 Å². The predicted molar refractivity (Wildman–Crippen MR) is 202 cm³/mol. The number of carbonyl (C=O) groups excluding carboxylic acids is 1. The average Bonchev–Trinajstić information content (AvgIpc) is 3.75.